The van der Waals surface area contributed by atoms with Crippen LogP contribution in [0.1, 0.15) is 38.2 Å². The van der Waals surface area contributed by atoms with Crippen molar-refractivity contribution in [2.75, 3.05) is 13.1 Å². The maximum absolute atomic E-state index is 9.33. The van der Waals surface area contributed by atoms with Gasteiger partial charge in [-0.15, -0.1) is 0 Å². The zero-order chi connectivity index (χ0) is 11.6. The molecule has 1 aliphatic heterocycles. The summed E-state index contributed by atoms with van der Waals surface area (Å²) >= 11 is 0. The summed E-state index contributed by atoms with van der Waals surface area (Å²) in [5, 5.41) is 12.8. The number of nitrogens with one attached hydrogen (secondary N) is 1. The topological polar surface area (TPSA) is 32.3 Å². The molecule has 0 saturated carbocycles. The molecule has 0 amide bonds. The molecule has 1 heterocycles. The monoisotopic (exact) mass is 219 g/mol. The standard InChI is InChI=1S/C14H21NO/c1-3-14(4-2)10-15-9-13(14)11-5-7-12(16)8-6-11/h5-8,13,15-16H,3-4,9-10H2,1-2H3. The number of rotatable bonds is 3. The predicted octanol–water partition coefficient (Wildman–Crippen LogP) is 2.89. The van der Waals surface area contributed by atoms with E-state index < -0.39 is 0 Å². The normalized spacial score (nSPS) is 23.5. The van der Waals surface area contributed by atoms with Crippen molar-refractivity contribution in [2.24, 2.45) is 5.41 Å². The third-order valence-corrected chi connectivity index (χ3v) is 4.27. The molecule has 0 bridgehead atoms. The highest BCUT2D eigenvalue weighted by Gasteiger charge is 2.40. The Kier molecular flexibility index (Phi) is 3.20. The number of benzene rings is 1. The second-order valence-corrected chi connectivity index (χ2v) is 4.84. The van der Waals surface area contributed by atoms with Crippen LogP contribution in [0.15, 0.2) is 24.3 Å². The largest absolute Gasteiger partial charge is 0.508 e. The van der Waals surface area contributed by atoms with Crippen molar-refractivity contribution in [3.05, 3.63) is 29.8 Å². The molecule has 1 fully saturated rings. The van der Waals surface area contributed by atoms with Crippen LogP contribution < -0.4 is 5.32 Å². The average Bonchev–Trinajstić information content (AvgIpc) is 2.74. The van der Waals surface area contributed by atoms with Crippen LogP contribution in [0.4, 0.5) is 0 Å². The second kappa shape index (κ2) is 4.46. The smallest absolute Gasteiger partial charge is 0.115 e. The SMILES string of the molecule is CCC1(CC)CNCC1c1ccc(O)cc1. The summed E-state index contributed by atoms with van der Waals surface area (Å²) < 4.78 is 0. The molecule has 1 aliphatic rings. The minimum absolute atomic E-state index is 0.355. The molecule has 0 aliphatic carbocycles. The Bertz CT molecular complexity index is 340. The Morgan fingerprint density at radius 3 is 2.44 bits per heavy atom. The van der Waals surface area contributed by atoms with E-state index in [2.05, 4.69) is 31.3 Å². The van der Waals surface area contributed by atoms with Crippen molar-refractivity contribution in [1.82, 2.24) is 5.32 Å². The lowest BCUT2D eigenvalue weighted by molar-refractivity contribution is 0.260. The van der Waals surface area contributed by atoms with E-state index in [-0.39, 0.29) is 0 Å². The van der Waals surface area contributed by atoms with E-state index in [1.54, 1.807) is 12.1 Å². The van der Waals surface area contributed by atoms with E-state index in [1.165, 1.54) is 18.4 Å². The molecular weight excluding hydrogens is 198 g/mol. The van der Waals surface area contributed by atoms with Crippen molar-refractivity contribution < 1.29 is 5.11 Å². The molecule has 88 valence electrons. The van der Waals surface area contributed by atoms with Gasteiger partial charge in [-0.1, -0.05) is 26.0 Å². The van der Waals surface area contributed by atoms with Crippen molar-refractivity contribution >= 4 is 0 Å². The molecule has 2 rings (SSSR count). The molecule has 0 radical (unpaired) electrons. The predicted molar refractivity (Wildman–Crippen MR) is 66.7 cm³/mol. The van der Waals surface area contributed by atoms with Crippen LogP contribution in [-0.2, 0) is 0 Å². The summed E-state index contributed by atoms with van der Waals surface area (Å²) in [5.41, 5.74) is 1.75. The first-order valence-corrected chi connectivity index (χ1v) is 6.21. The number of phenols is 1. The fourth-order valence-corrected chi connectivity index (χ4v) is 2.98. The summed E-state index contributed by atoms with van der Waals surface area (Å²) in [6.45, 7) is 6.74. The number of hydrogen-bond acceptors (Lipinski definition) is 2. The fraction of sp³-hybridized carbons (Fsp3) is 0.571. The molecule has 2 heteroatoms. The fourth-order valence-electron chi connectivity index (χ4n) is 2.98. The van der Waals surface area contributed by atoms with Gasteiger partial charge in [0.15, 0.2) is 0 Å². The molecule has 1 atom stereocenters. The molecule has 2 N–H and O–H groups in total. The van der Waals surface area contributed by atoms with Gasteiger partial charge in [-0.05, 0) is 36.0 Å². The lowest BCUT2D eigenvalue weighted by atomic mass is 9.71. The van der Waals surface area contributed by atoms with E-state index in [0.29, 0.717) is 17.1 Å². The highest BCUT2D eigenvalue weighted by molar-refractivity contribution is 5.31. The Hall–Kier alpha value is -1.02. The van der Waals surface area contributed by atoms with Crippen LogP contribution in [-0.4, -0.2) is 18.2 Å². The first-order valence-electron chi connectivity index (χ1n) is 6.21. The van der Waals surface area contributed by atoms with Gasteiger partial charge in [-0.25, -0.2) is 0 Å². The van der Waals surface area contributed by atoms with Crippen molar-refractivity contribution in [2.45, 2.75) is 32.6 Å². The van der Waals surface area contributed by atoms with E-state index >= 15 is 0 Å². The minimum atomic E-state index is 0.355. The lowest BCUT2D eigenvalue weighted by Gasteiger charge is -2.33. The van der Waals surface area contributed by atoms with Gasteiger partial charge in [0.2, 0.25) is 0 Å². The van der Waals surface area contributed by atoms with Crippen LogP contribution >= 0.6 is 0 Å². The van der Waals surface area contributed by atoms with E-state index in [1.807, 2.05) is 0 Å². The van der Waals surface area contributed by atoms with Gasteiger partial charge in [-0.3, -0.25) is 0 Å². The summed E-state index contributed by atoms with van der Waals surface area (Å²) in [6, 6.07) is 7.72. The highest BCUT2D eigenvalue weighted by Crippen LogP contribution is 2.44. The molecule has 1 unspecified atom stereocenters. The molecule has 16 heavy (non-hydrogen) atoms. The van der Waals surface area contributed by atoms with Crippen molar-refractivity contribution in [3.8, 4) is 5.75 Å². The first kappa shape index (κ1) is 11.5. The number of aromatic hydroxyl groups is 1. The highest BCUT2D eigenvalue weighted by atomic mass is 16.3. The Morgan fingerprint density at radius 2 is 1.88 bits per heavy atom. The Morgan fingerprint density at radius 1 is 1.25 bits per heavy atom. The van der Waals surface area contributed by atoms with Crippen LogP contribution in [0.25, 0.3) is 0 Å². The van der Waals surface area contributed by atoms with Gasteiger partial charge >= 0.3 is 0 Å². The number of phenolic OH excluding ortho intramolecular Hbond substituents is 1. The van der Waals surface area contributed by atoms with Crippen molar-refractivity contribution in [1.29, 1.82) is 0 Å². The molecule has 1 aromatic carbocycles. The van der Waals surface area contributed by atoms with E-state index in [4.69, 9.17) is 0 Å². The van der Waals surface area contributed by atoms with Crippen LogP contribution in [0.5, 0.6) is 5.75 Å². The van der Waals surface area contributed by atoms with E-state index in [9.17, 15) is 5.11 Å². The third-order valence-electron chi connectivity index (χ3n) is 4.27. The van der Waals surface area contributed by atoms with Crippen LogP contribution in [0, 0.1) is 5.41 Å². The van der Waals surface area contributed by atoms with Gasteiger partial charge in [0.25, 0.3) is 0 Å². The molecule has 2 nitrogen and oxygen atoms in total. The third kappa shape index (κ3) is 1.82. The van der Waals surface area contributed by atoms with E-state index in [0.717, 1.165) is 13.1 Å². The van der Waals surface area contributed by atoms with Gasteiger partial charge < -0.3 is 10.4 Å². The molecular formula is C14H21NO. The Labute approximate surface area is 97.7 Å². The summed E-state index contributed by atoms with van der Waals surface area (Å²) in [7, 11) is 0. The zero-order valence-corrected chi connectivity index (χ0v) is 10.2. The molecule has 1 saturated heterocycles. The Balaban J connectivity index is 2.29. The van der Waals surface area contributed by atoms with Crippen molar-refractivity contribution in [3.63, 3.8) is 0 Å². The quantitative estimate of drug-likeness (QED) is 0.819. The van der Waals surface area contributed by atoms with Gasteiger partial charge in [-0.2, -0.15) is 0 Å². The molecule has 0 aromatic heterocycles. The van der Waals surface area contributed by atoms with Gasteiger partial charge in [0.1, 0.15) is 5.75 Å². The average molecular weight is 219 g/mol. The maximum Gasteiger partial charge on any atom is 0.115 e. The summed E-state index contributed by atoms with van der Waals surface area (Å²) in [6.07, 6.45) is 2.42. The first-order chi connectivity index (χ1) is 7.72. The lowest BCUT2D eigenvalue weighted by Crippen LogP contribution is -2.27. The van der Waals surface area contributed by atoms with Gasteiger partial charge in [0.05, 0.1) is 0 Å². The summed E-state index contributed by atoms with van der Waals surface area (Å²) in [5.74, 6) is 0.941. The van der Waals surface area contributed by atoms with Crippen LogP contribution in [0.2, 0.25) is 0 Å². The van der Waals surface area contributed by atoms with Crippen LogP contribution in [0.3, 0.4) is 0 Å². The summed E-state index contributed by atoms with van der Waals surface area (Å²) in [4.78, 5) is 0. The number of hydrogen-bond donors (Lipinski definition) is 2. The van der Waals surface area contributed by atoms with Gasteiger partial charge in [0, 0.05) is 19.0 Å². The minimum Gasteiger partial charge on any atom is -0.508 e. The molecule has 1 aromatic rings. The maximum atomic E-state index is 9.33. The zero-order valence-electron chi connectivity index (χ0n) is 10.2. The second-order valence-electron chi connectivity index (χ2n) is 4.84. The molecule has 0 spiro atoms.